The molecule has 25 heavy (non-hydrogen) atoms. The maximum Gasteiger partial charge on any atom is 0.416 e. The van der Waals surface area contributed by atoms with Crippen LogP contribution in [0.25, 0.3) is 0 Å². The highest BCUT2D eigenvalue weighted by Crippen LogP contribution is 2.33. The Hall–Kier alpha value is -2.71. The number of carboxylic acid groups (broad SMARTS) is 1. The molecule has 0 saturated carbocycles. The van der Waals surface area contributed by atoms with Crippen LogP contribution >= 0.6 is 0 Å². The van der Waals surface area contributed by atoms with Crippen LogP contribution in [0.1, 0.15) is 22.8 Å². The summed E-state index contributed by atoms with van der Waals surface area (Å²) in [5.74, 6) is -1.93. The first-order valence-electron chi connectivity index (χ1n) is 6.72. The molecule has 0 aliphatic rings. The molecule has 0 aromatic heterocycles. The third-order valence-electron chi connectivity index (χ3n) is 3.18. The van der Waals surface area contributed by atoms with Crippen molar-refractivity contribution >= 4 is 5.97 Å². The van der Waals surface area contributed by atoms with E-state index in [2.05, 4.69) is 0 Å². The van der Waals surface area contributed by atoms with Gasteiger partial charge in [-0.2, -0.15) is 26.3 Å². The Labute approximate surface area is 137 Å². The van der Waals surface area contributed by atoms with E-state index in [1.807, 2.05) is 0 Å². The van der Waals surface area contributed by atoms with Gasteiger partial charge in [0.2, 0.25) is 6.10 Å². The van der Waals surface area contributed by atoms with E-state index < -0.39 is 35.6 Å². The van der Waals surface area contributed by atoms with Gasteiger partial charge in [0.25, 0.3) is 0 Å². The highest BCUT2D eigenvalue weighted by atomic mass is 19.4. The minimum atomic E-state index is -4.65. The number of carbonyl (C=O) groups is 1. The summed E-state index contributed by atoms with van der Waals surface area (Å²) < 4.78 is 80.6. The monoisotopic (exact) mass is 364 g/mol. The number of rotatable bonds is 4. The zero-order chi connectivity index (χ0) is 18.8. The zero-order valence-corrected chi connectivity index (χ0v) is 12.2. The maximum atomic E-state index is 12.7. The number of benzene rings is 2. The Morgan fingerprint density at radius 1 is 0.880 bits per heavy atom. The first kappa shape index (κ1) is 18.6. The topological polar surface area (TPSA) is 46.5 Å². The molecular formula is C16H10F6O3. The van der Waals surface area contributed by atoms with E-state index >= 15 is 0 Å². The van der Waals surface area contributed by atoms with Crippen molar-refractivity contribution in [2.45, 2.75) is 18.5 Å². The summed E-state index contributed by atoms with van der Waals surface area (Å²) in [5, 5.41) is 9.18. The summed E-state index contributed by atoms with van der Waals surface area (Å²) in [7, 11) is 0. The van der Waals surface area contributed by atoms with Crippen LogP contribution < -0.4 is 4.74 Å². The molecule has 0 spiro atoms. The summed E-state index contributed by atoms with van der Waals surface area (Å²) in [5.41, 5.74) is -2.17. The van der Waals surface area contributed by atoms with Crippen molar-refractivity contribution in [3.05, 3.63) is 65.2 Å². The molecule has 2 aromatic carbocycles. The summed E-state index contributed by atoms with van der Waals surface area (Å²) in [4.78, 5) is 11.3. The van der Waals surface area contributed by atoms with Crippen LogP contribution in [0.15, 0.2) is 48.5 Å². The fourth-order valence-electron chi connectivity index (χ4n) is 1.99. The van der Waals surface area contributed by atoms with Gasteiger partial charge in [-0.05, 0) is 30.3 Å². The average molecular weight is 364 g/mol. The summed E-state index contributed by atoms with van der Waals surface area (Å²) >= 11 is 0. The van der Waals surface area contributed by atoms with Gasteiger partial charge in [0.1, 0.15) is 5.75 Å². The van der Waals surface area contributed by atoms with Gasteiger partial charge >= 0.3 is 18.3 Å². The lowest BCUT2D eigenvalue weighted by molar-refractivity contribution is -0.145. The fourth-order valence-corrected chi connectivity index (χ4v) is 1.99. The molecule has 0 saturated heterocycles. The minimum absolute atomic E-state index is 0.141. The van der Waals surface area contributed by atoms with Gasteiger partial charge in [0, 0.05) is 5.56 Å². The standard InChI is InChI=1S/C16H10F6O3/c17-15(18,19)10-6-4-9(5-7-10)13(14(23)24)25-12-3-1-2-11(8-12)16(20,21)22/h1-8,13H,(H,23,24). The molecule has 9 heteroatoms. The number of alkyl halides is 6. The lowest BCUT2D eigenvalue weighted by Crippen LogP contribution is -2.19. The SMILES string of the molecule is O=C(O)C(Oc1cccc(C(F)(F)F)c1)c1ccc(C(F)(F)F)cc1. The Kier molecular flexibility index (Phi) is 4.96. The molecule has 0 fully saturated rings. The molecule has 2 aromatic rings. The third kappa shape index (κ3) is 4.65. The van der Waals surface area contributed by atoms with Gasteiger partial charge in [0.05, 0.1) is 11.1 Å². The normalized spacial score (nSPS) is 13.4. The minimum Gasteiger partial charge on any atom is -0.478 e. The first-order chi connectivity index (χ1) is 11.5. The molecule has 0 radical (unpaired) electrons. The second-order valence-electron chi connectivity index (χ2n) is 4.98. The van der Waals surface area contributed by atoms with Crippen molar-refractivity contribution in [1.29, 1.82) is 0 Å². The predicted molar refractivity (Wildman–Crippen MR) is 73.9 cm³/mol. The van der Waals surface area contributed by atoms with Crippen LogP contribution in [0.5, 0.6) is 5.75 Å². The van der Waals surface area contributed by atoms with Crippen LogP contribution in [-0.2, 0) is 17.1 Å². The molecule has 0 bridgehead atoms. The maximum absolute atomic E-state index is 12.7. The lowest BCUT2D eigenvalue weighted by Gasteiger charge is -2.17. The molecule has 0 heterocycles. The molecule has 1 unspecified atom stereocenters. The molecule has 1 atom stereocenters. The van der Waals surface area contributed by atoms with E-state index in [1.165, 1.54) is 0 Å². The van der Waals surface area contributed by atoms with Crippen molar-refractivity contribution in [3.8, 4) is 5.75 Å². The molecular weight excluding hydrogens is 354 g/mol. The number of carboxylic acids is 1. The summed E-state index contributed by atoms with van der Waals surface area (Å²) in [6.45, 7) is 0. The van der Waals surface area contributed by atoms with Gasteiger partial charge in [-0.25, -0.2) is 4.79 Å². The predicted octanol–water partition coefficient (Wildman–Crippen LogP) is 4.93. The van der Waals surface area contributed by atoms with Gasteiger partial charge in [-0.1, -0.05) is 18.2 Å². The van der Waals surface area contributed by atoms with E-state index in [9.17, 15) is 36.2 Å². The van der Waals surface area contributed by atoms with Gasteiger partial charge in [-0.15, -0.1) is 0 Å². The quantitative estimate of drug-likeness (QED) is 0.783. The van der Waals surface area contributed by atoms with Crippen LogP contribution in [0.4, 0.5) is 26.3 Å². The largest absolute Gasteiger partial charge is 0.478 e. The van der Waals surface area contributed by atoms with Crippen LogP contribution in [0.3, 0.4) is 0 Å². The Bertz CT molecular complexity index is 750. The second kappa shape index (κ2) is 6.66. The number of hydrogen-bond acceptors (Lipinski definition) is 2. The second-order valence-corrected chi connectivity index (χ2v) is 4.98. The van der Waals surface area contributed by atoms with E-state index in [-0.39, 0.29) is 11.3 Å². The van der Waals surface area contributed by atoms with E-state index in [0.717, 1.165) is 30.3 Å². The van der Waals surface area contributed by atoms with Crippen molar-refractivity contribution in [3.63, 3.8) is 0 Å². The van der Waals surface area contributed by atoms with E-state index in [1.54, 1.807) is 0 Å². The van der Waals surface area contributed by atoms with E-state index in [0.29, 0.717) is 18.2 Å². The van der Waals surface area contributed by atoms with Crippen LogP contribution in [0, 0.1) is 0 Å². The van der Waals surface area contributed by atoms with Crippen molar-refractivity contribution in [2.24, 2.45) is 0 Å². The van der Waals surface area contributed by atoms with Crippen LogP contribution in [0.2, 0.25) is 0 Å². The highest BCUT2D eigenvalue weighted by Gasteiger charge is 2.32. The Balaban J connectivity index is 2.29. The fraction of sp³-hybridized carbons (Fsp3) is 0.188. The van der Waals surface area contributed by atoms with Gasteiger partial charge in [-0.3, -0.25) is 0 Å². The summed E-state index contributed by atoms with van der Waals surface area (Å²) in [6, 6.07) is 6.67. The zero-order valence-electron chi connectivity index (χ0n) is 12.2. The van der Waals surface area contributed by atoms with Gasteiger partial charge in [0.15, 0.2) is 0 Å². The number of ether oxygens (including phenoxy) is 1. The molecule has 0 aliphatic carbocycles. The molecule has 3 nitrogen and oxygen atoms in total. The molecule has 134 valence electrons. The average Bonchev–Trinajstić information content (AvgIpc) is 2.51. The Morgan fingerprint density at radius 2 is 1.44 bits per heavy atom. The van der Waals surface area contributed by atoms with Crippen molar-refractivity contribution < 1.29 is 41.0 Å². The number of halogens is 6. The lowest BCUT2D eigenvalue weighted by atomic mass is 10.1. The number of aliphatic carboxylic acids is 1. The number of hydrogen-bond donors (Lipinski definition) is 1. The third-order valence-corrected chi connectivity index (χ3v) is 3.18. The van der Waals surface area contributed by atoms with E-state index in [4.69, 9.17) is 4.74 Å². The van der Waals surface area contributed by atoms with Gasteiger partial charge < -0.3 is 9.84 Å². The molecule has 0 amide bonds. The molecule has 1 N–H and O–H groups in total. The Morgan fingerprint density at radius 3 is 1.92 bits per heavy atom. The smallest absolute Gasteiger partial charge is 0.416 e. The van der Waals surface area contributed by atoms with Crippen molar-refractivity contribution in [1.82, 2.24) is 0 Å². The molecule has 0 aliphatic heterocycles. The van der Waals surface area contributed by atoms with Crippen molar-refractivity contribution in [2.75, 3.05) is 0 Å². The first-order valence-corrected chi connectivity index (χ1v) is 6.72. The molecule has 2 rings (SSSR count). The van der Waals surface area contributed by atoms with Crippen LogP contribution in [-0.4, -0.2) is 11.1 Å². The highest BCUT2D eigenvalue weighted by molar-refractivity contribution is 5.75. The summed E-state index contributed by atoms with van der Waals surface area (Å²) in [6.07, 6.45) is -11.0.